The number of aromatic nitrogens is 3. The van der Waals surface area contributed by atoms with Gasteiger partial charge in [0, 0.05) is 18.1 Å². The molecule has 0 bridgehead atoms. The number of anilines is 2. The molecule has 0 saturated carbocycles. The first kappa shape index (κ1) is 13.1. The summed E-state index contributed by atoms with van der Waals surface area (Å²) in [6, 6.07) is 9.56. The topological polar surface area (TPSA) is 85.8 Å². The van der Waals surface area contributed by atoms with Crippen LogP contribution < -0.4 is 11.1 Å². The van der Waals surface area contributed by atoms with Crippen molar-refractivity contribution in [2.75, 3.05) is 11.1 Å². The number of nitrogens with one attached hydrogen (secondary N) is 1. The first-order chi connectivity index (χ1) is 10.1. The summed E-state index contributed by atoms with van der Waals surface area (Å²) in [6.45, 7) is 1.91. The molecule has 0 fully saturated rings. The Morgan fingerprint density at radius 1 is 1.29 bits per heavy atom. The Balaban J connectivity index is 2.02. The van der Waals surface area contributed by atoms with Crippen LogP contribution in [0.1, 0.15) is 16.2 Å². The third-order valence-electron chi connectivity index (χ3n) is 3.29. The summed E-state index contributed by atoms with van der Waals surface area (Å²) in [5.74, 6) is -0.302. The van der Waals surface area contributed by atoms with Crippen LogP contribution >= 0.6 is 0 Å². The maximum atomic E-state index is 12.4. The van der Waals surface area contributed by atoms with Gasteiger partial charge in [0.1, 0.15) is 5.69 Å². The highest BCUT2D eigenvalue weighted by Gasteiger charge is 2.16. The Labute approximate surface area is 121 Å². The van der Waals surface area contributed by atoms with Crippen LogP contribution in [0, 0.1) is 6.92 Å². The SMILES string of the molecule is Cc1ccc2cccc(NC(=O)c3c(N)cnn3C)c2n1. The quantitative estimate of drug-likeness (QED) is 0.753. The molecular formula is C15H15N5O. The monoisotopic (exact) mass is 281 g/mol. The number of nitrogen functional groups attached to an aromatic ring is 1. The van der Waals surface area contributed by atoms with Crippen molar-refractivity contribution in [1.29, 1.82) is 0 Å². The minimum atomic E-state index is -0.302. The molecule has 106 valence electrons. The van der Waals surface area contributed by atoms with Crippen molar-refractivity contribution in [2.45, 2.75) is 6.92 Å². The van der Waals surface area contributed by atoms with Gasteiger partial charge in [0.2, 0.25) is 0 Å². The van der Waals surface area contributed by atoms with Gasteiger partial charge in [-0.25, -0.2) is 0 Å². The maximum absolute atomic E-state index is 12.4. The van der Waals surface area contributed by atoms with Crippen LogP contribution in [0.5, 0.6) is 0 Å². The van der Waals surface area contributed by atoms with Gasteiger partial charge in [0.25, 0.3) is 5.91 Å². The molecule has 0 aliphatic heterocycles. The molecule has 0 radical (unpaired) electrons. The lowest BCUT2D eigenvalue weighted by atomic mass is 10.1. The van der Waals surface area contributed by atoms with Gasteiger partial charge in [-0.05, 0) is 19.1 Å². The number of carbonyl (C=O) groups excluding carboxylic acids is 1. The van der Waals surface area contributed by atoms with E-state index in [4.69, 9.17) is 5.73 Å². The van der Waals surface area contributed by atoms with E-state index in [1.807, 2.05) is 37.3 Å². The van der Waals surface area contributed by atoms with Crippen LogP contribution in [0.2, 0.25) is 0 Å². The van der Waals surface area contributed by atoms with Gasteiger partial charge in [0.15, 0.2) is 0 Å². The van der Waals surface area contributed by atoms with Crippen molar-refractivity contribution in [3.63, 3.8) is 0 Å². The molecule has 0 atom stereocenters. The van der Waals surface area contributed by atoms with E-state index in [1.54, 1.807) is 7.05 Å². The molecule has 3 N–H and O–H groups in total. The van der Waals surface area contributed by atoms with Crippen LogP contribution in [0.25, 0.3) is 10.9 Å². The van der Waals surface area contributed by atoms with Gasteiger partial charge in [-0.15, -0.1) is 0 Å². The number of nitrogens with two attached hydrogens (primary N) is 1. The fourth-order valence-corrected chi connectivity index (χ4v) is 2.26. The average molecular weight is 281 g/mol. The fraction of sp³-hybridized carbons (Fsp3) is 0.133. The van der Waals surface area contributed by atoms with E-state index in [2.05, 4.69) is 15.4 Å². The van der Waals surface area contributed by atoms with Crippen molar-refractivity contribution < 1.29 is 4.79 Å². The van der Waals surface area contributed by atoms with Crippen LogP contribution in [0.15, 0.2) is 36.5 Å². The number of aryl methyl sites for hydroxylation is 2. The minimum absolute atomic E-state index is 0.302. The molecule has 0 aliphatic carbocycles. The largest absolute Gasteiger partial charge is 0.396 e. The number of carbonyl (C=O) groups is 1. The van der Waals surface area contributed by atoms with Crippen molar-refractivity contribution in [3.05, 3.63) is 47.9 Å². The Bertz CT molecular complexity index is 818. The molecule has 2 aromatic heterocycles. The molecule has 2 heterocycles. The number of rotatable bonds is 2. The summed E-state index contributed by atoms with van der Waals surface area (Å²) in [4.78, 5) is 16.9. The molecule has 3 rings (SSSR count). The van der Waals surface area contributed by atoms with Gasteiger partial charge in [0.05, 0.1) is 23.1 Å². The van der Waals surface area contributed by atoms with E-state index in [1.165, 1.54) is 10.9 Å². The lowest BCUT2D eigenvalue weighted by molar-refractivity contribution is 0.101. The predicted octanol–water partition coefficient (Wildman–Crippen LogP) is 2.11. The molecule has 0 saturated heterocycles. The molecule has 0 aliphatic rings. The van der Waals surface area contributed by atoms with E-state index >= 15 is 0 Å². The second-order valence-corrected chi connectivity index (χ2v) is 4.86. The highest BCUT2D eigenvalue weighted by atomic mass is 16.2. The van der Waals surface area contributed by atoms with Gasteiger partial charge >= 0.3 is 0 Å². The summed E-state index contributed by atoms with van der Waals surface area (Å²) < 4.78 is 1.45. The van der Waals surface area contributed by atoms with Crippen molar-refractivity contribution >= 4 is 28.2 Å². The maximum Gasteiger partial charge on any atom is 0.276 e. The second kappa shape index (κ2) is 4.90. The molecular weight excluding hydrogens is 266 g/mol. The molecule has 6 nitrogen and oxygen atoms in total. The summed E-state index contributed by atoms with van der Waals surface area (Å²) in [5.41, 5.74) is 8.76. The van der Waals surface area contributed by atoms with E-state index in [-0.39, 0.29) is 5.91 Å². The lowest BCUT2D eigenvalue weighted by Crippen LogP contribution is -2.18. The molecule has 3 aromatic rings. The van der Waals surface area contributed by atoms with E-state index in [9.17, 15) is 4.79 Å². The van der Waals surface area contributed by atoms with Gasteiger partial charge < -0.3 is 11.1 Å². The molecule has 1 aromatic carbocycles. The zero-order valence-corrected chi connectivity index (χ0v) is 11.8. The Morgan fingerprint density at radius 2 is 2.10 bits per heavy atom. The zero-order valence-electron chi connectivity index (χ0n) is 11.8. The van der Waals surface area contributed by atoms with E-state index in [0.29, 0.717) is 17.1 Å². The van der Waals surface area contributed by atoms with Crippen molar-refractivity contribution in [2.24, 2.45) is 7.05 Å². The van der Waals surface area contributed by atoms with Crippen LogP contribution in [-0.2, 0) is 7.05 Å². The summed E-state index contributed by atoms with van der Waals surface area (Å²) in [5, 5.41) is 7.79. The average Bonchev–Trinajstić information content (AvgIpc) is 2.79. The molecule has 21 heavy (non-hydrogen) atoms. The number of para-hydroxylation sites is 1. The zero-order chi connectivity index (χ0) is 15.0. The van der Waals surface area contributed by atoms with Crippen LogP contribution in [-0.4, -0.2) is 20.7 Å². The van der Waals surface area contributed by atoms with Gasteiger partial charge in [-0.3, -0.25) is 14.5 Å². The van der Waals surface area contributed by atoms with Crippen LogP contribution in [0.4, 0.5) is 11.4 Å². The van der Waals surface area contributed by atoms with E-state index < -0.39 is 0 Å². The predicted molar refractivity (Wildman–Crippen MR) is 82.1 cm³/mol. The van der Waals surface area contributed by atoms with Crippen molar-refractivity contribution in [1.82, 2.24) is 14.8 Å². The standard InChI is InChI=1S/C15H15N5O/c1-9-6-7-10-4-3-5-12(13(10)18-9)19-15(21)14-11(16)8-17-20(14)2/h3-8H,16H2,1-2H3,(H,19,21). The number of hydrogen-bond acceptors (Lipinski definition) is 4. The second-order valence-electron chi connectivity index (χ2n) is 4.86. The Morgan fingerprint density at radius 3 is 2.81 bits per heavy atom. The number of pyridine rings is 1. The number of fused-ring (bicyclic) bond motifs is 1. The van der Waals surface area contributed by atoms with Crippen LogP contribution in [0.3, 0.4) is 0 Å². The van der Waals surface area contributed by atoms with Gasteiger partial charge in [-0.1, -0.05) is 18.2 Å². The van der Waals surface area contributed by atoms with Gasteiger partial charge in [-0.2, -0.15) is 5.10 Å². The number of benzene rings is 1. The molecule has 0 spiro atoms. The summed E-state index contributed by atoms with van der Waals surface area (Å²) in [7, 11) is 1.68. The number of amides is 1. The normalized spacial score (nSPS) is 10.8. The Hall–Kier alpha value is -2.89. The number of hydrogen-bond donors (Lipinski definition) is 2. The number of nitrogens with zero attached hydrogens (tertiary/aromatic N) is 3. The van der Waals surface area contributed by atoms with Crippen molar-refractivity contribution in [3.8, 4) is 0 Å². The first-order valence-corrected chi connectivity index (χ1v) is 6.51. The summed E-state index contributed by atoms with van der Waals surface area (Å²) in [6.07, 6.45) is 1.46. The lowest BCUT2D eigenvalue weighted by Gasteiger charge is -2.09. The highest BCUT2D eigenvalue weighted by Crippen LogP contribution is 2.23. The smallest absolute Gasteiger partial charge is 0.276 e. The molecule has 0 unspecified atom stereocenters. The Kier molecular flexibility index (Phi) is 3.06. The fourth-order valence-electron chi connectivity index (χ4n) is 2.26. The first-order valence-electron chi connectivity index (χ1n) is 6.51. The molecule has 1 amide bonds. The third kappa shape index (κ3) is 2.31. The summed E-state index contributed by atoms with van der Waals surface area (Å²) >= 11 is 0. The highest BCUT2D eigenvalue weighted by molar-refractivity contribution is 6.09. The third-order valence-corrected chi connectivity index (χ3v) is 3.29. The minimum Gasteiger partial charge on any atom is -0.396 e. The molecule has 6 heteroatoms. The van der Waals surface area contributed by atoms with E-state index in [0.717, 1.165) is 16.6 Å².